The first-order valence-electron chi connectivity index (χ1n) is 6.44. The van der Waals surface area contributed by atoms with Gasteiger partial charge in [-0.05, 0) is 19.9 Å². The number of alkyl halides is 2. The van der Waals surface area contributed by atoms with Crippen LogP contribution in [-0.2, 0) is 6.54 Å². The van der Waals surface area contributed by atoms with Crippen LogP contribution in [0.15, 0.2) is 23.2 Å². The third-order valence-corrected chi connectivity index (χ3v) is 2.59. The normalized spacial score (nSPS) is 11.1. The smallest absolute Gasteiger partial charge is 0.387 e. The van der Waals surface area contributed by atoms with Gasteiger partial charge in [-0.15, -0.1) is 24.0 Å². The molecule has 0 saturated carbocycles. The van der Waals surface area contributed by atoms with Gasteiger partial charge in [0.25, 0.3) is 0 Å². The molecule has 4 nitrogen and oxygen atoms in total. The van der Waals surface area contributed by atoms with Gasteiger partial charge in [-0.1, -0.05) is 17.7 Å². The van der Waals surface area contributed by atoms with Gasteiger partial charge >= 0.3 is 6.61 Å². The average Bonchev–Trinajstić information content (AvgIpc) is 2.36. The van der Waals surface area contributed by atoms with Crippen molar-refractivity contribution in [1.29, 1.82) is 0 Å². The van der Waals surface area contributed by atoms with Crippen LogP contribution in [0.5, 0.6) is 5.75 Å². The minimum absolute atomic E-state index is 0. The van der Waals surface area contributed by atoms with Crippen molar-refractivity contribution >= 4 is 29.9 Å². The number of nitrogens with zero attached hydrogens (tertiary/aromatic N) is 2. The standard InChI is InChI=1S/C14H21F2N3O.HI/c1-5-17-14(19(3)4)18-9-11-8-10(2)6-7-12(11)20-13(15)16;/h6-8,13H,5,9H2,1-4H3,(H,17,18);1H. The summed E-state index contributed by atoms with van der Waals surface area (Å²) in [6, 6.07) is 5.09. The number of hydrogen-bond donors (Lipinski definition) is 1. The predicted octanol–water partition coefficient (Wildman–Crippen LogP) is 3.24. The van der Waals surface area contributed by atoms with E-state index in [4.69, 9.17) is 0 Å². The number of guanidine groups is 1. The lowest BCUT2D eigenvalue weighted by atomic mass is 10.1. The number of halogens is 3. The Bertz CT molecular complexity index is 468. The number of rotatable bonds is 5. The number of aliphatic imine (C=N–C) groups is 1. The monoisotopic (exact) mass is 413 g/mol. The van der Waals surface area contributed by atoms with E-state index in [1.165, 1.54) is 0 Å². The van der Waals surface area contributed by atoms with Gasteiger partial charge < -0.3 is 15.0 Å². The molecule has 0 spiro atoms. The zero-order chi connectivity index (χ0) is 15.1. The second-order valence-electron chi connectivity index (χ2n) is 4.55. The second kappa shape index (κ2) is 9.75. The molecule has 1 N–H and O–H groups in total. The fourth-order valence-corrected chi connectivity index (χ4v) is 1.72. The molecule has 0 amide bonds. The zero-order valence-electron chi connectivity index (χ0n) is 12.7. The van der Waals surface area contributed by atoms with E-state index in [0.717, 1.165) is 12.1 Å². The highest BCUT2D eigenvalue weighted by atomic mass is 127. The molecule has 0 aliphatic heterocycles. The summed E-state index contributed by atoms with van der Waals surface area (Å²) in [5.74, 6) is 0.876. The van der Waals surface area contributed by atoms with Crippen LogP contribution in [0.1, 0.15) is 18.1 Å². The van der Waals surface area contributed by atoms with Crippen LogP contribution < -0.4 is 10.1 Å². The Morgan fingerprint density at radius 2 is 2.05 bits per heavy atom. The minimum Gasteiger partial charge on any atom is -0.434 e. The van der Waals surface area contributed by atoms with Crippen molar-refractivity contribution in [3.8, 4) is 5.75 Å². The molecule has 0 heterocycles. The Balaban J connectivity index is 0.00000400. The molecular formula is C14H22F2IN3O. The number of nitrogens with one attached hydrogen (secondary N) is 1. The molecule has 120 valence electrons. The third-order valence-electron chi connectivity index (χ3n) is 2.59. The number of hydrogen-bond acceptors (Lipinski definition) is 2. The summed E-state index contributed by atoms with van der Waals surface area (Å²) in [4.78, 5) is 6.24. The SMILES string of the molecule is CCNC(=NCc1cc(C)ccc1OC(F)F)N(C)C.I. The first-order chi connectivity index (χ1) is 9.43. The molecule has 1 aromatic rings. The maximum Gasteiger partial charge on any atom is 0.387 e. The average molecular weight is 413 g/mol. The molecule has 1 aromatic carbocycles. The summed E-state index contributed by atoms with van der Waals surface area (Å²) in [5, 5.41) is 3.11. The Morgan fingerprint density at radius 3 is 2.57 bits per heavy atom. The molecule has 0 saturated heterocycles. The van der Waals surface area contributed by atoms with E-state index in [9.17, 15) is 8.78 Å². The molecule has 0 atom stereocenters. The molecule has 0 bridgehead atoms. The van der Waals surface area contributed by atoms with Crippen LogP contribution in [0.3, 0.4) is 0 Å². The van der Waals surface area contributed by atoms with E-state index >= 15 is 0 Å². The van der Waals surface area contributed by atoms with E-state index < -0.39 is 6.61 Å². The minimum atomic E-state index is -2.83. The molecule has 0 fully saturated rings. The van der Waals surface area contributed by atoms with E-state index in [-0.39, 0.29) is 36.3 Å². The molecule has 0 unspecified atom stereocenters. The first kappa shape index (κ1) is 19.9. The topological polar surface area (TPSA) is 36.9 Å². The molecule has 21 heavy (non-hydrogen) atoms. The maximum atomic E-state index is 12.4. The van der Waals surface area contributed by atoms with Crippen molar-refractivity contribution in [1.82, 2.24) is 10.2 Å². The highest BCUT2D eigenvalue weighted by Gasteiger charge is 2.10. The molecular weight excluding hydrogens is 391 g/mol. The van der Waals surface area contributed by atoms with Gasteiger partial charge in [-0.25, -0.2) is 4.99 Å². The molecule has 7 heteroatoms. The van der Waals surface area contributed by atoms with Crippen LogP contribution in [0.4, 0.5) is 8.78 Å². The van der Waals surface area contributed by atoms with Gasteiger partial charge in [0.1, 0.15) is 5.75 Å². The van der Waals surface area contributed by atoms with Crippen molar-refractivity contribution in [2.75, 3.05) is 20.6 Å². The van der Waals surface area contributed by atoms with Crippen molar-refractivity contribution < 1.29 is 13.5 Å². The van der Waals surface area contributed by atoms with Crippen LogP contribution in [-0.4, -0.2) is 38.1 Å². The van der Waals surface area contributed by atoms with Crippen LogP contribution in [0.25, 0.3) is 0 Å². The van der Waals surface area contributed by atoms with E-state index in [1.54, 1.807) is 18.2 Å². The fraction of sp³-hybridized carbons (Fsp3) is 0.500. The molecule has 0 aliphatic rings. The molecule has 0 radical (unpaired) electrons. The number of ether oxygens (including phenoxy) is 1. The van der Waals surface area contributed by atoms with Crippen molar-refractivity contribution in [3.63, 3.8) is 0 Å². The quantitative estimate of drug-likeness (QED) is 0.458. The lowest BCUT2D eigenvalue weighted by Crippen LogP contribution is -2.36. The van der Waals surface area contributed by atoms with Gasteiger partial charge in [0, 0.05) is 26.2 Å². The fourth-order valence-electron chi connectivity index (χ4n) is 1.72. The molecule has 0 aromatic heterocycles. The lowest BCUT2D eigenvalue weighted by Gasteiger charge is -2.17. The lowest BCUT2D eigenvalue weighted by molar-refractivity contribution is -0.0504. The third kappa shape index (κ3) is 6.92. The Morgan fingerprint density at radius 1 is 1.38 bits per heavy atom. The van der Waals surface area contributed by atoms with Gasteiger partial charge in [0.15, 0.2) is 5.96 Å². The summed E-state index contributed by atoms with van der Waals surface area (Å²) < 4.78 is 29.3. The van der Waals surface area contributed by atoms with Crippen LogP contribution >= 0.6 is 24.0 Å². The largest absolute Gasteiger partial charge is 0.434 e. The van der Waals surface area contributed by atoms with Gasteiger partial charge in [-0.2, -0.15) is 8.78 Å². The Labute approximate surface area is 141 Å². The molecule has 0 aliphatic carbocycles. The summed E-state index contributed by atoms with van der Waals surface area (Å²) in [7, 11) is 3.74. The highest BCUT2D eigenvalue weighted by Crippen LogP contribution is 2.22. The predicted molar refractivity (Wildman–Crippen MR) is 91.7 cm³/mol. The Hall–Kier alpha value is -1.12. The Kier molecular flexibility index (Phi) is 9.23. The number of benzene rings is 1. The van der Waals surface area contributed by atoms with Crippen LogP contribution in [0.2, 0.25) is 0 Å². The highest BCUT2D eigenvalue weighted by molar-refractivity contribution is 14.0. The van der Waals surface area contributed by atoms with E-state index in [0.29, 0.717) is 11.5 Å². The van der Waals surface area contributed by atoms with E-state index in [2.05, 4.69) is 15.0 Å². The van der Waals surface area contributed by atoms with Crippen molar-refractivity contribution in [2.24, 2.45) is 4.99 Å². The summed E-state index contributed by atoms with van der Waals surface area (Å²) in [6.07, 6.45) is 0. The second-order valence-corrected chi connectivity index (χ2v) is 4.55. The summed E-state index contributed by atoms with van der Waals surface area (Å²) >= 11 is 0. The maximum absolute atomic E-state index is 12.4. The van der Waals surface area contributed by atoms with Gasteiger partial charge in [0.05, 0.1) is 6.54 Å². The summed E-state index contributed by atoms with van der Waals surface area (Å²) in [5.41, 5.74) is 1.62. The molecule has 1 rings (SSSR count). The first-order valence-corrected chi connectivity index (χ1v) is 6.44. The van der Waals surface area contributed by atoms with Crippen molar-refractivity contribution in [3.05, 3.63) is 29.3 Å². The van der Waals surface area contributed by atoms with E-state index in [1.807, 2.05) is 32.8 Å². The summed E-state index contributed by atoms with van der Waals surface area (Å²) in [6.45, 7) is 2.06. The van der Waals surface area contributed by atoms with Crippen molar-refractivity contribution in [2.45, 2.75) is 27.0 Å². The number of aryl methyl sites for hydroxylation is 1. The van der Waals surface area contributed by atoms with Crippen LogP contribution in [0, 0.1) is 6.92 Å². The zero-order valence-corrected chi connectivity index (χ0v) is 15.0. The van der Waals surface area contributed by atoms with Gasteiger partial charge in [-0.3, -0.25) is 0 Å². The van der Waals surface area contributed by atoms with Gasteiger partial charge in [0.2, 0.25) is 0 Å².